The number of urea groups is 1. The summed E-state index contributed by atoms with van der Waals surface area (Å²) in [6.45, 7) is 4.76. The Kier molecular flexibility index (Phi) is 3.67. The van der Waals surface area contributed by atoms with Crippen molar-refractivity contribution in [3.8, 4) is 0 Å². The zero-order valence-corrected chi connectivity index (χ0v) is 11.5. The van der Waals surface area contributed by atoms with Gasteiger partial charge in [-0.2, -0.15) is 0 Å². The predicted octanol–water partition coefficient (Wildman–Crippen LogP) is 1.15. The van der Waals surface area contributed by atoms with Gasteiger partial charge in [-0.25, -0.2) is 4.79 Å². The van der Waals surface area contributed by atoms with E-state index in [1.807, 2.05) is 0 Å². The zero-order chi connectivity index (χ0) is 12.5. The predicted molar refractivity (Wildman–Crippen MR) is 71.5 cm³/mol. The van der Waals surface area contributed by atoms with E-state index in [1.54, 1.807) is 37.4 Å². The van der Waals surface area contributed by atoms with Crippen LogP contribution in [0.2, 0.25) is 0 Å². The van der Waals surface area contributed by atoms with Crippen molar-refractivity contribution in [2.45, 2.75) is 19.4 Å². The van der Waals surface area contributed by atoms with Gasteiger partial charge < -0.3 is 5.32 Å². The van der Waals surface area contributed by atoms with Crippen LogP contribution in [0.5, 0.6) is 0 Å². The van der Waals surface area contributed by atoms with Crippen molar-refractivity contribution in [2.24, 2.45) is 4.99 Å². The van der Waals surface area contributed by atoms with Crippen LogP contribution in [-0.4, -0.2) is 51.3 Å². The molecule has 0 aromatic heterocycles. The molecular weight excluding hydrogens is 258 g/mol. The van der Waals surface area contributed by atoms with Crippen LogP contribution in [0.3, 0.4) is 0 Å². The third kappa shape index (κ3) is 2.77. The van der Waals surface area contributed by atoms with Crippen LogP contribution in [0.15, 0.2) is 4.99 Å². The van der Waals surface area contributed by atoms with E-state index in [0.29, 0.717) is 12.3 Å². The summed E-state index contributed by atoms with van der Waals surface area (Å²) in [5.74, 6) is 1.60. The van der Waals surface area contributed by atoms with E-state index in [-0.39, 0.29) is 11.9 Å². The lowest BCUT2D eigenvalue weighted by Gasteiger charge is -2.15. The van der Waals surface area contributed by atoms with Crippen LogP contribution >= 0.6 is 23.5 Å². The molecule has 1 fully saturated rings. The minimum absolute atomic E-state index is 0.149. The van der Waals surface area contributed by atoms with Gasteiger partial charge in [0.25, 0.3) is 5.91 Å². The van der Waals surface area contributed by atoms with Gasteiger partial charge in [-0.05, 0) is 13.8 Å². The van der Waals surface area contributed by atoms with Crippen LogP contribution in [0.4, 0.5) is 4.79 Å². The molecule has 0 aromatic rings. The zero-order valence-electron chi connectivity index (χ0n) is 9.86. The van der Waals surface area contributed by atoms with E-state index in [4.69, 9.17) is 0 Å². The summed E-state index contributed by atoms with van der Waals surface area (Å²) in [5, 5.41) is 2.66. The Bertz CT molecular complexity index is 382. The van der Waals surface area contributed by atoms with Crippen molar-refractivity contribution >= 4 is 39.8 Å². The molecule has 2 rings (SSSR count). The number of imide groups is 1. The molecule has 5 nitrogen and oxygen atoms in total. The van der Waals surface area contributed by atoms with E-state index in [0.717, 1.165) is 16.7 Å². The summed E-state index contributed by atoms with van der Waals surface area (Å²) in [7, 11) is 0. The summed E-state index contributed by atoms with van der Waals surface area (Å²) in [4.78, 5) is 29.0. The average molecular weight is 273 g/mol. The molecule has 0 radical (unpaired) electrons. The van der Waals surface area contributed by atoms with Crippen molar-refractivity contribution in [2.75, 3.05) is 24.6 Å². The molecule has 17 heavy (non-hydrogen) atoms. The van der Waals surface area contributed by atoms with Gasteiger partial charge >= 0.3 is 6.03 Å². The summed E-state index contributed by atoms with van der Waals surface area (Å²) in [5.41, 5.74) is -0.763. The van der Waals surface area contributed by atoms with Crippen LogP contribution in [0.25, 0.3) is 0 Å². The third-order valence-corrected chi connectivity index (χ3v) is 4.78. The van der Waals surface area contributed by atoms with E-state index in [9.17, 15) is 9.59 Å². The van der Waals surface area contributed by atoms with Gasteiger partial charge in [0.1, 0.15) is 9.91 Å². The van der Waals surface area contributed by atoms with E-state index < -0.39 is 5.54 Å². The lowest BCUT2D eigenvalue weighted by Crippen LogP contribution is -2.40. The fraction of sp³-hybridized carbons (Fsp3) is 0.700. The number of carbonyl (C=O) groups is 2. The van der Waals surface area contributed by atoms with Gasteiger partial charge in [0.05, 0.1) is 6.54 Å². The SMILES string of the molecule is CC1(C)NC(=O)N(CCSC2=NCCS2)C1=O. The molecule has 0 aliphatic carbocycles. The highest BCUT2D eigenvalue weighted by molar-refractivity contribution is 8.39. The fourth-order valence-corrected chi connectivity index (χ4v) is 3.65. The maximum absolute atomic E-state index is 11.9. The number of aliphatic imine (C=N–C) groups is 1. The van der Waals surface area contributed by atoms with Crippen molar-refractivity contribution in [1.82, 2.24) is 10.2 Å². The minimum atomic E-state index is -0.763. The highest BCUT2D eigenvalue weighted by atomic mass is 32.2. The van der Waals surface area contributed by atoms with Gasteiger partial charge in [0.2, 0.25) is 0 Å². The first-order valence-corrected chi connectivity index (χ1v) is 7.42. The quantitative estimate of drug-likeness (QED) is 0.784. The molecule has 0 aromatic carbocycles. The average Bonchev–Trinajstić information content (AvgIpc) is 2.80. The summed E-state index contributed by atoms with van der Waals surface area (Å²) < 4.78 is 1.07. The molecule has 0 saturated carbocycles. The Hall–Kier alpha value is -0.690. The van der Waals surface area contributed by atoms with Crippen molar-refractivity contribution in [3.63, 3.8) is 0 Å². The van der Waals surface area contributed by atoms with Gasteiger partial charge in [-0.1, -0.05) is 23.5 Å². The number of carbonyl (C=O) groups excluding carboxylic acids is 2. The first kappa shape index (κ1) is 12.8. The highest BCUT2D eigenvalue weighted by Crippen LogP contribution is 2.23. The van der Waals surface area contributed by atoms with Crippen LogP contribution in [0, 0.1) is 0 Å². The van der Waals surface area contributed by atoms with Crippen molar-refractivity contribution in [1.29, 1.82) is 0 Å². The molecule has 0 spiro atoms. The van der Waals surface area contributed by atoms with E-state index in [2.05, 4.69) is 10.3 Å². The monoisotopic (exact) mass is 273 g/mol. The second-order valence-electron chi connectivity index (χ2n) is 4.36. The number of rotatable bonds is 3. The molecule has 0 bridgehead atoms. The first-order chi connectivity index (χ1) is 8.00. The number of amides is 3. The minimum Gasteiger partial charge on any atom is -0.324 e. The van der Waals surface area contributed by atoms with Gasteiger partial charge in [0.15, 0.2) is 0 Å². The molecular formula is C10H15N3O2S2. The maximum Gasteiger partial charge on any atom is 0.325 e. The van der Waals surface area contributed by atoms with E-state index in [1.165, 1.54) is 4.90 Å². The molecule has 0 unspecified atom stereocenters. The number of nitrogens with zero attached hydrogens (tertiary/aromatic N) is 2. The van der Waals surface area contributed by atoms with E-state index >= 15 is 0 Å². The summed E-state index contributed by atoms with van der Waals surface area (Å²) in [6, 6.07) is -0.290. The maximum atomic E-state index is 11.9. The molecule has 2 heterocycles. The first-order valence-electron chi connectivity index (χ1n) is 5.45. The number of hydrogen-bond acceptors (Lipinski definition) is 5. The summed E-state index contributed by atoms with van der Waals surface area (Å²) >= 11 is 3.35. The largest absolute Gasteiger partial charge is 0.325 e. The van der Waals surface area contributed by atoms with Gasteiger partial charge in [-0.15, -0.1) is 0 Å². The Balaban J connectivity index is 1.83. The Morgan fingerprint density at radius 2 is 2.29 bits per heavy atom. The number of nitrogens with one attached hydrogen (secondary N) is 1. The molecule has 3 amide bonds. The Morgan fingerprint density at radius 3 is 2.82 bits per heavy atom. The molecule has 2 aliphatic rings. The standard InChI is InChI=1S/C10H15N3O2S2/c1-10(2)7(14)13(8(15)12-10)4-6-17-9-11-3-5-16-9/h3-6H2,1-2H3,(H,12,15). The third-order valence-electron chi connectivity index (χ3n) is 2.54. The molecule has 94 valence electrons. The number of hydrogen-bond donors (Lipinski definition) is 1. The second kappa shape index (κ2) is 4.89. The topological polar surface area (TPSA) is 61.8 Å². The Morgan fingerprint density at radius 1 is 1.53 bits per heavy atom. The molecule has 2 aliphatic heterocycles. The normalized spacial score (nSPS) is 22.9. The Labute approximate surface area is 109 Å². The van der Waals surface area contributed by atoms with Gasteiger partial charge in [0, 0.05) is 18.1 Å². The number of thioether (sulfide) groups is 2. The molecule has 7 heteroatoms. The fourth-order valence-electron chi connectivity index (χ4n) is 1.65. The van der Waals surface area contributed by atoms with Crippen molar-refractivity contribution in [3.05, 3.63) is 0 Å². The highest BCUT2D eigenvalue weighted by Gasteiger charge is 2.43. The van der Waals surface area contributed by atoms with Crippen LogP contribution in [0.1, 0.15) is 13.8 Å². The van der Waals surface area contributed by atoms with Crippen LogP contribution < -0.4 is 5.32 Å². The molecule has 1 saturated heterocycles. The molecule has 1 N–H and O–H groups in total. The molecule has 0 atom stereocenters. The smallest absolute Gasteiger partial charge is 0.324 e. The lowest BCUT2D eigenvalue weighted by atomic mass is 10.1. The summed E-state index contributed by atoms with van der Waals surface area (Å²) in [6.07, 6.45) is 0. The lowest BCUT2D eigenvalue weighted by molar-refractivity contribution is -0.130. The second-order valence-corrected chi connectivity index (χ2v) is 6.78. The van der Waals surface area contributed by atoms with Gasteiger partial charge in [-0.3, -0.25) is 14.7 Å². The van der Waals surface area contributed by atoms with Crippen LogP contribution in [-0.2, 0) is 4.79 Å². The van der Waals surface area contributed by atoms with Crippen molar-refractivity contribution < 1.29 is 9.59 Å².